The van der Waals surface area contributed by atoms with E-state index >= 15 is 0 Å². The molecule has 0 saturated heterocycles. The Hall–Kier alpha value is -1.32. The maximum absolute atomic E-state index is 7.28. The third-order valence-corrected chi connectivity index (χ3v) is 2.63. The molecule has 1 aromatic rings. The molecule has 0 aliphatic rings. The third-order valence-electron chi connectivity index (χ3n) is 2.63. The van der Waals surface area contributed by atoms with E-state index in [1.165, 1.54) is 11.3 Å². The highest BCUT2D eigenvalue weighted by molar-refractivity contribution is 5.77. The van der Waals surface area contributed by atoms with Gasteiger partial charge in [-0.15, -0.1) is 0 Å². The number of hydrogen-bond acceptors (Lipinski definition) is 2. The van der Waals surface area contributed by atoms with Crippen molar-refractivity contribution in [2.75, 3.05) is 0 Å². The van der Waals surface area contributed by atoms with Gasteiger partial charge in [0, 0.05) is 12.1 Å². The Morgan fingerprint density at radius 3 is 2.69 bits per heavy atom. The Balaban J connectivity index is 2.83. The first kappa shape index (κ1) is 12.7. The number of nitrogens with one attached hydrogen (secondary N) is 2. The lowest BCUT2D eigenvalue weighted by Crippen LogP contribution is -2.11. The Bertz CT molecular complexity index is 352. The average Bonchev–Trinajstić information content (AvgIpc) is 2.56. The van der Waals surface area contributed by atoms with Gasteiger partial charge >= 0.3 is 0 Å². The SMILES string of the molecule is CCc1n[nH]c(CC(C)C)c1CCC(=N)N. The summed E-state index contributed by atoms with van der Waals surface area (Å²) in [5, 5.41) is 14.7. The molecule has 0 aliphatic heterocycles. The molecule has 0 spiro atoms. The molecular weight excluding hydrogens is 200 g/mol. The van der Waals surface area contributed by atoms with E-state index in [9.17, 15) is 0 Å². The number of H-pyrrole nitrogens is 1. The smallest absolute Gasteiger partial charge is 0.0908 e. The minimum atomic E-state index is 0.249. The largest absolute Gasteiger partial charge is 0.388 e. The van der Waals surface area contributed by atoms with Gasteiger partial charge in [0.15, 0.2) is 0 Å². The molecule has 1 aromatic heterocycles. The Labute approximate surface area is 97.1 Å². The lowest BCUT2D eigenvalue weighted by molar-refractivity contribution is 0.629. The van der Waals surface area contributed by atoms with Crippen molar-refractivity contribution in [3.05, 3.63) is 17.0 Å². The first-order chi connectivity index (χ1) is 7.54. The van der Waals surface area contributed by atoms with Gasteiger partial charge in [0.1, 0.15) is 0 Å². The standard InChI is InChI=1S/C12H22N4/c1-4-10-9(5-6-12(13)14)11(16-15-10)7-8(2)3/h8H,4-7H2,1-3H3,(H3,13,14)(H,15,16). The maximum atomic E-state index is 7.28. The number of aryl methyl sites for hydroxylation is 1. The topological polar surface area (TPSA) is 78.5 Å². The van der Waals surface area contributed by atoms with E-state index in [2.05, 4.69) is 31.0 Å². The summed E-state index contributed by atoms with van der Waals surface area (Å²) in [6, 6.07) is 0. The molecule has 0 amide bonds. The third kappa shape index (κ3) is 3.36. The van der Waals surface area contributed by atoms with Gasteiger partial charge in [0.05, 0.1) is 11.5 Å². The van der Waals surface area contributed by atoms with Crippen molar-refractivity contribution in [3.8, 4) is 0 Å². The van der Waals surface area contributed by atoms with Crippen molar-refractivity contribution in [3.63, 3.8) is 0 Å². The zero-order valence-electron chi connectivity index (χ0n) is 10.4. The Morgan fingerprint density at radius 1 is 1.50 bits per heavy atom. The summed E-state index contributed by atoms with van der Waals surface area (Å²) in [5.41, 5.74) is 9.01. The molecule has 0 aliphatic carbocycles. The molecule has 16 heavy (non-hydrogen) atoms. The highest BCUT2D eigenvalue weighted by Gasteiger charge is 2.12. The minimum absolute atomic E-state index is 0.249. The second kappa shape index (κ2) is 5.68. The van der Waals surface area contributed by atoms with E-state index < -0.39 is 0 Å². The van der Waals surface area contributed by atoms with Gasteiger partial charge in [-0.3, -0.25) is 10.5 Å². The number of nitrogens with two attached hydrogens (primary N) is 1. The van der Waals surface area contributed by atoms with Gasteiger partial charge in [-0.1, -0.05) is 20.8 Å². The zero-order valence-corrected chi connectivity index (χ0v) is 10.4. The normalized spacial score (nSPS) is 11.0. The van der Waals surface area contributed by atoms with E-state index in [1.54, 1.807) is 0 Å². The van der Waals surface area contributed by atoms with Gasteiger partial charge in [-0.05, 0) is 30.7 Å². The highest BCUT2D eigenvalue weighted by atomic mass is 15.1. The Kier molecular flexibility index (Phi) is 4.52. The van der Waals surface area contributed by atoms with Crippen LogP contribution in [0.1, 0.15) is 44.1 Å². The van der Waals surface area contributed by atoms with Crippen LogP contribution in [0.4, 0.5) is 0 Å². The Morgan fingerprint density at radius 2 is 2.19 bits per heavy atom. The highest BCUT2D eigenvalue weighted by Crippen LogP contribution is 2.17. The second-order valence-electron chi connectivity index (χ2n) is 4.60. The molecule has 0 unspecified atom stereocenters. The second-order valence-corrected chi connectivity index (χ2v) is 4.60. The number of aromatic amines is 1. The van der Waals surface area contributed by atoms with Crippen molar-refractivity contribution in [1.29, 1.82) is 5.41 Å². The quantitative estimate of drug-likeness (QED) is 0.508. The van der Waals surface area contributed by atoms with Crippen LogP contribution in [-0.4, -0.2) is 16.0 Å². The van der Waals surface area contributed by atoms with E-state index in [4.69, 9.17) is 11.1 Å². The molecule has 0 fully saturated rings. The first-order valence-electron chi connectivity index (χ1n) is 5.92. The predicted octanol–water partition coefficient (Wildman–Crippen LogP) is 2.04. The zero-order chi connectivity index (χ0) is 12.1. The number of nitrogens with zero attached hydrogens (tertiary/aromatic N) is 1. The van der Waals surface area contributed by atoms with Gasteiger partial charge in [0.25, 0.3) is 0 Å². The van der Waals surface area contributed by atoms with Gasteiger partial charge in [0.2, 0.25) is 0 Å². The summed E-state index contributed by atoms with van der Waals surface area (Å²) in [5.74, 6) is 0.861. The fourth-order valence-corrected chi connectivity index (χ4v) is 1.87. The molecule has 4 heteroatoms. The minimum Gasteiger partial charge on any atom is -0.388 e. The molecule has 90 valence electrons. The van der Waals surface area contributed by atoms with Gasteiger partial charge in [-0.25, -0.2) is 0 Å². The fraction of sp³-hybridized carbons (Fsp3) is 0.667. The van der Waals surface area contributed by atoms with Crippen molar-refractivity contribution < 1.29 is 0 Å². The molecule has 0 bridgehead atoms. The number of hydrogen-bond donors (Lipinski definition) is 3. The molecule has 0 saturated carbocycles. The number of aromatic nitrogens is 2. The fourth-order valence-electron chi connectivity index (χ4n) is 1.87. The summed E-state index contributed by atoms with van der Waals surface area (Å²) in [6.07, 6.45) is 3.40. The summed E-state index contributed by atoms with van der Waals surface area (Å²) in [6.45, 7) is 6.50. The number of amidine groups is 1. The van der Waals surface area contributed by atoms with E-state index in [-0.39, 0.29) is 5.84 Å². The van der Waals surface area contributed by atoms with Crippen molar-refractivity contribution in [2.24, 2.45) is 11.7 Å². The van der Waals surface area contributed by atoms with Crippen LogP contribution < -0.4 is 5.73 Å². The lowest BCUT2D eigenvalue weighted by Gasteiger charge is -2.06. The van der Waals surface area contributed by atoms with Crippen molar-refractivity contribution in [1.82, 2.24) is 10.2 Å². The van der Waals surface area contributed by atoms with Crippen molar-refractivity contribution in [2.45, 2.75) is 46.5 Å². The summed E-state index contributed by atoms with van der Waals surface area (Å²) in [4.78, 5) is 0. The van der Waals surface area contributed by atoms with E-state index in [1.807, 2.05) is 0 Å². The van der Waals surface area contributed by atoms with Crippen LogP contribution in [-0.2, 0) is 19.3 Å². The van der Waals surface area contributed by atoms with Crippen LogP contribution in [0.15, 0.2) is 0 Å². The van der Waals surface area contributed by atoms with E-state index in [0.29, 0.717) is 12.3 Å². The van der Waals surface area contributed by atoms with Crippen LogP contribution in [0.2, 0.25) is 0 Å². The summed E-state index contributed by atoms with van der Waals surface area (Å²) < 4.78 is 0. The molecule has 4 nitrogen and oxygen atoms in total. The molecule has 1 rings (SSSR count). The van der Waals surface area contributed by atoms with Crippen LogP contribution in [0.3, 0.4) is 0 Å². The molecule has 0 radical (unpaired) electrons. The molecule has 0 atom stereocenters. The molecule has 1 heterocycles. The molecular formula is C12H22N4. The van der Waals surface area contributed by atoms with E-state index in [0.717, 1.165) is 25.0 Å². The van der Waals surface area contributed by atoms with Crippen LogP contribution >= 0.6 is 0 Å². The molecule has 4 N–H and O–H groups in total. The maximum Gasteiger partial charge on any atom is 0.0908 e. The average molecular weight is 222 g/mol. The summed E-state index contributed by atoms with van der Waals surface area (Å²) >= 11 is 0. The number of rotatable bonds is 6. The monoisotopic (exact) mass is 222 g/mol. The lowest BCUT2D eigenvalue weighted by atomic mass is 9.99. The van der Waals surface area contributed by atoms with Crippen molar-refractivity contribution >= 4 is 5.84 Å². The van der Waals surface area contributed by atoms with Crippen LogP contribution in [0.25, 0.3) is 0 Å². The summed E-state index contributed by atoms with van der Waals surface area (Å²) in [7, 11) is 0. The van der Waals surface area contributed by atoms with Gasteiger partial charge < -0.3 is 5.73 Å². The predicted molar refractivity (Wildman–Crippen MR) is 66.7 cm³/mol. The molecule has 0 aromatic carbocycles. The first-order valence-corrected chi connectivity index (χ1v) is 5.92. The van der Waals surface area contributed by atoms with Crippen LogP contribution in [0, 0.1) is 11.3 Å². The van der Waals surface area contributed by atoms with Crippen LogP contribution in [0.5, 0.6) is 0 Å². The van der Waals surface area contributed by atoms with Gasteiger partial charge in [-0.2, -0.15) is 5.10 Å².